The molecule has 2 heterocycles. The lowest BCUT2D eigenvalue weighted by Gasteiger charge is -2.07. The summed E-state index contributed by atoms with van der Waals surface area (Å²) in [7, 11) is 1.65. The van der Waals surface area contributed by atoms with Crippen molar-refractivity contribution in [2.75, 3.05) is 12.8 Å². The number of benzene rings is 1. The lowest BCUT2D eigenvalue weighted by atomic mass is 10.1. The third kappa shape index (κ3) is 2.11. The number of ether oxygens (including phenoxy) is 1. The van der Waals surface area contributed by atoms with Crippen LogP contribution in [0.2, 0.25) is 0 Å². The van der Waals surface area contributed by atoms with Gasteiger partial charge >= 0.3 is 0 Å². The van der Waals surface area contributed by atoms with Crippen LogP contribution < -0.4 is 10.5 Å². The Morgan fingerprint density at radius 2 is 2.00 bits per heavy atom. The van der Waals surface area contributed by atoms with Crippen LogP contribution >= 0.6 is 0 Å². The average Bonchev–Trinajstić information content (AvgIpc) is 3.23. The van der Waals surface area contributed by atoms with E-state index in [-0.39, 0.29) is 0 Å². The highest BCUT2D eigenvalue weighted by molar-refractivity contribution is 5.98. The fraction of sp³-hybridized carbons (Fsp3) is 0.0556. The smallest absolute Gasteiger partial charge is 0.151 e. The second-order valence-corrected chi connectivity index (χ2v) is 5.15. The maximum atomic E-state index is 6.11. The number of fused-ring (bicyclic) bond motifs is 1. The van der Waals surface area contributed by atoms with Crippen molar-refractivity contribution in [2.24, 2.45) is 0 Å². The first-order valence-corrected chi connectivity index (χ1v) is 7.17. The van der Waals surface area contributed by atoms with Gasteiger partial charge in [0.15, 0.2) is 5.82 Å². The van der Waals surface area contributed by atoms with Gasteiger partial charge in [0.2, 0.25) is 0 Å². The third-order valence-corrected chi connectivity index (χ3v) is 3.84. The molecule has 5 heteroatoms. The van der Waals surface area contributed by atoms with E-state index in [2.05, 4.69) is 15.7 Å². The zero-order valence-electron chi connectivity index (χ0n) is 12.5. The molecule has 112 valence electrons. The van der Waals surface area contributed by atoms with Gasteiger partial charge in [0.1, 0.15) is 23.1 Å². The van der Waals surface area contributed by atoms with E-state index in [1.807, 2.05) is 53.3 Å². The molecule has 4 rings (SSSR count). The molecule has 1 aliphatic carbocycles. The topological polar surface area (TPSA) is 66.0 Å². The first-order chi connectivity index (χ1) is 11.3. The Morgan fingerprint density at radius 1 is 1.17 bits per heavy atom. The SMILES string of the molecule is COc1ccc(-n2cc(C3=C=CC=C3)c3ncnc(N)c32)cc1. The molecule has 1 aromatic carbocycles. The van der Waals surface area contributed by atoms with Gasteiger partial charge in [-0.05, 0) is 36.4 Å². The van der Waals surface area contributed by atoms with Gasteiger partial charge in [-0.1, -0.05) is 6.08 Å². The van der Waals surface area contributed by atoms with Crippen LogP contribution in [0.25, 0.3) is 22.3 Å². The van der Waals surface area contributed by atoms with Crippen LogP contribution in [0.15, 0.2) is 60.7 Å². The number of nitrogens with two attached hydrogens (primary N) is 1. The van der Waals surface area contributed by atoms with E-state index in [4.69, 9.17) is 10.5 Å². The van der Waals surface area contributed by atoms with Gasteiger partial charge in [0, 0.05) is 23.0 Å². The maximum absolute atomic E-state index is 6.11. The second kappa shape index (κ2) is 5.16. The largest absolute Gasteiger partial charge is 0.497 e. The molecule has 0 unspecified atom stereocenters. The molecule has 0 saturated heterocycles. The Hall–Kier alpha value is -3.30. The molecule has 0 spiro atoms. The van der Waals surface area contributed by atoms with Crippen LogP contribution in [0.4, 0.5) is 5.82 Å². The molecule has 5 nitrogen and oxygen atoms in total. The summed E-state index contributed by atoms with van der Waals surface area (Å²) in [5.41, 5.74) is 13.9. The monoisotopic (exact) mass is 302 g/mol. The highest BCUT2D eigenvalue weighted by Crippen LogP contribution is 2.32. The molecule has 3 aromatic rings. The van der Waals surface area contributed by atoms with E-state index in [1.54, 1.807) is 7.11 Å². The number of nitrogens with zero attached hydrogens (tertiary/aromatic N) is 3. The lowest BCUT2D eigenvalue weighted by molar-refractivity contribution is 0.415. The number of anilines is 1. The minimum atomic E-state index is 0.448. The predicted molar refractivity (Wildman–Crippen MR) is 90.5 cm³/mol. The number of methoxy groups -OCH3 is 1. The molecule has 0 bridgehead atoms. The zero-order chi connectivity index (χ0) is 15.8. The van der Waals surface area contributed by atoms with Crippen molar-refractivity contribution < 1.29 is 4.74 Å². The summed E-state index contributed by atoms with van der Waals surface area (Å²) >= 11 is 0. The van der Waals surface area contributed by atoms with Crippen molar-refractivity contribution in [1.82, 2.24) is 14.5 Å². The third-order valence-electron chi connectivity index (χ3n) is 3.84. The van der Waals surface area contributed by atoms with E-state index >= 15 is 0 Å². The summed E-state index contributed by atoms with van der Waals surface area (Å²) in [6.45, 7) is 0. The Balaban J connectivity index is 1.99. The van der Waals surface area contributed by atoms with E-state index in [1.165, 1.54) is 6.33 Å². The van der Waals surface area contributed by atoms with Crippen molar-refractivity contribution in [3.63, 3.8) is 0 Å². The first kappa shape index (κ1) is 13.4. The van der Waals surface area contributed by atoms with Gasteiger partial charge < -0.3 is 15.0 Å². The fourth-order valence-electron chi connectivity index (χ4n) is 2.72. The van der Waals surface area contributed by atoms with Gasteiger partial charge in [0.25, 0.3) is 0 Å². The van der Waals surface area contributed by atoms with Gasteiger partial charge in [-0.15, -0.1) is 5.73 Å². The molecule has 2 N–H and O–H groups in total. The van der Waals surface area contributed by atoms with Crippen molar-refractivity contribution in [1.29, 1.82) is 0 Å². The summed E-state index contributed by atoms with van der Waals surface area (Å²) in [6, 6.07) is 7.78. The molecule has 2 aromatic heterocycles. The Morgan fingerprint density at radius 3 is 2.70 bits per heavy atom. The molecule has 0 amide bonds. The standard InChI is InChI=1S/C18H14N4O/c1-23-14-8-6-13(7-9-14)22-10-15(12-4-2-3-5-12)16-17(22)18(19)21-11-20-16/h2-4,6-11H,1H3,(H2,19,20,21). The second-order valence-electron chi connectivity index (χ2n) is 5.15. The number of hydrogen-bond acceptors (Lipinski definition) is 4. The van der Waals surface area contributed by atoms with E-state index in [9.17, 15) is 0 Å². The van der Waals surface area contributed by atoms with Gasteiger partial charge in [-0.3, -0.25) is 0 Å². The molecule has 1 aliphatic rings. The van der Waals surface area contributed by atoms with Gasteiger partial charge in [-0.2, -0.15) is 0 Å². The molecular formula is C18H14N4O. The Labute approximate surface area is 133 Å². The molecule has 0 aliphatic heterocycles. The highest BCUT2D eigenvalue weighted by Gasteiger charge is 2.16. The van der Waals surface area contributed by atoms with Crippen LogP contribution in [0.5, 0.6) is 5.75 Å². The number of rotatable bonds is 3. The van der Waals surface area contributed by atoms with Crippen LogP contribution in [0.3, 0.4) is 0 Å². The predicted octanol–water partition coefficient (Wildman–Crippen LogP) is 3.12. The zero-order valence-corrected chi connectivity index (χ0v) is 12.5. The number of aromatic nitrogens is 3. The summed E-state index contributed by atoms with van der Waals surface area (Å²) < 4.78 is 7.22. The first-order valence-electron chi connectivity index (χ1n) is 7.17. The maximum Gasteiger partial charge on any atom is 0.151 e. The van der Waals surface area contributed by atoms with E-state index < -0.39 is 0 Å². The Bertz CT molecular complexity index is 990. The summed E-state index contributed by atoms with van der Waals surface area (Å²) in [5.74, 6) is 1.25. The summed E-state index contributed by atoms with van der Waals surface area (Å²) in [6.07, 6.45) is 9.35. The summed E-state index contributed by atoms with van der Waals surface area (Å²) in [5, 5.41) is 0. The minimum absolute atomic E-state index is 0.448. The van der Waals surface area contributed by atoms with Gasteiger partial charge in [-0.25, -0.2) is 9.97 Å². The van der Waals surface area contributed by atoms with Crippen LogP contribution in [0, 0.1) is 0 Å². The fourth-order valence-corrected chi connectivity index (χ4v) is 2.72. The van der Waals surface area contributed by atoms with Crippen molar-refractivity contribution in [3.8, 4) is 11.4 Å². The minimum Gasteiger partial charge on any atom is -0.497 e. The molecule has 23 heavy (non-hydrogen) atoms. The van der Waals surface area contributed by atoms with Crippen molar-refractivity contribution in [2.45, 2.75) is 0 Å². The normalized spacial score (nSPS) is 12.8. The highest BCUT2D eigenvalue weighted by atomic mass is 16.5. The van der Waals surface area contributed by atoms with E-state index in [0.29, 0.717) is 5.82 Å². The quantitative estimate of drug-likeness (QED) is 0.755. The molecule has 0 radical (unpaired) electrons. The molecular weight excluding hydrogens is 288 g/mol. The number of hydrogen-bond donors (Lipinski definition) is 1. The van der Waals surface area contributed by atoms with Crippen molar-refractivity contribution in [3.05, 3.63) is 66.3 Å². The van der Waals surface area contributed by atoms with Crippen LogP contribution in [0.1, 0.15) is 5.56 Å². The number of nitrogen functional groups attached to an aromatic ring is 1. The van der Waals surface area contributed by atoms with E-state index in [0.717, 1.165) is 33.6 Å². The lowest BCUT2D eigenvalue weighted by Crippen LogP contribution is -1.98. The summed E-state index contributed by atoms with van der Waals surface area (Å²) in [4.78, 5) is 8.55. The van der Waals surface area contributed by atoms with Crippen LogP contribution in [-0.4, -0.2) is 21.6 Å². The average molecular weight is 302 g/mol. The molecule has 0 atom stereocenters. The number of allylic oxidation sites excluding steroid dienone is 3. The van der Waals surface area contributed by atoms with Crippen molar-refractivity contribution >= 4 is 22.4 Å². The molecule has 0 saturated carbocycles. The van der Waals surface area contributed by atoms with Crippen LogP contribution in [-0.2, 0) is 0 Å². The molecule has 0 fully saturated rings. The van der Waals surface area contributed by atoms with Gasteiger partial charge in [0.05, 0.1) is 7.11 Å². The Kier molecular flexibility index (Phi) is 3.00.